The van der Waals surface area contributed by atoms with E-state index in [1.54, 1.807) is 0 Å². The van der Waals surface area contributed by atoms with Gasteiger partial charge in [0.05, 0.1) is 5.60 Å². The molecule has 0 radical (unpaired) electrons. The summed E-state index contributed by atoms with van der Waals surface area (Å²) in [5.41, 5.74) is 1.82. The van der Waals surface area contributed by atoms with Gasteiger partial charge in [-0.1, -0.05) is 69.7 Å². The molecule has 0 aliphatic carbocycles. The first-order chi connectivity index (χ1) is 14.3. The first kappa shape index (κ1) is 24.5. The van der Waals surface area contributed by atoms with E-state index in [1.807, 2.05) is 31.2 Å². The van der Waals surface area contributed by atoms with Crippen molar-refractivity contribution in [2.75, 3.05) is 6.61 Å². The van der Waals surface area contributed by atoms with E-state index >= 15 is 0 Å². The molecule has 4 heteroatoms. The van der Waals surface area contributed by atoms with Gasteiger partial charge in [0.25, 0.3) is 0 Å². The Morgan fingerprint density at radius 3 is 1.93 bits per heavy atom. The fraction of sp³-hybridized carbons (Fsp3) is 0.538. The second-order valence-corrected chi connectivity index (χ2v) is 8.52. The van der Waals surface area contributed by atoms with Gasteiger partial charge in [0.15, 0.2) is 17.5 Å². The third-order valence-electron chi connectivity index (χ3n) is 5.83. The van der Waals surface area contributed by atoms with Crippen LogP contribution in [0.25, 0.3) is 11.1 Å². The van der Waals surface area contributed by atoms with E-state index in [9.17, 15) is 13.2 Å². The number of hydrogen-bond acceptors (Lipinski definition) is 1. The molecule has 2 aromatic rings. The average Bonchev–Trinajstić information content (AvgIpc) is 2.71. The van der Waals surface area contributed by atoms with Crippen molar-refractivity contribution in [1.82, 2.24) is 0 Å². The van der Waals surface area contributed by atoms with Gasteiger partial charge in [-0.2, -0.15) is 0 Å². The second-order valence-electron chi connectivity index (χ2n) is 8.52. The van der Waals surface area contributed by atoms with Gasteiger partial charge < -0.3 is 4.74 Å². The Labute approximate surface area is 179 Å². The van der Waals surface area contributed by atoms with Crippen LogP contribution in [0, 0.1) is 17.5 Å². The molecule has 0 fully saturated rings. The molecule has 0 spiro atoms. The first-order valence-corrected chi connectivity index (χ1v) is 11.2. The third kappa shape index (κ3) is 6.60. The summed E-state index contributed by atoms with van der Waals surface area (Å²) in [5, 5.41) is 0. The summed E-state index contributed by atoms with van der Waals surface area (Å²) in [5.74, 6) is -3.56. The lowest BCUT2D eigenvalue weighted by atomic mass is 9.80. The van der Waals surface area contributed by atoms with Gasteiger partial charge in [0, 0.05) is 12.5 Å². The summed E-state index contributed by atoms with van der Waals surface area (Å²) in [6, 6.07) is 9.75. The van der Waals surface area contributed by atoms with Crippen molar-refractivity contribution in [3.05, 3.63) is 59.4 Å². The quantitative estimate of drug-likeness (QED) is 0.247. The van der Waals surface area contributed by atoms with Crippen molar-refractivity contribution < 1.29 is 17.9 Å². The van der Waals surface area contributed by atoms with Crippen molar-refractivity contribution in [3.8, 4) is 11.1 Å². The van der Waals surface area contributed by atoms with Crippen LogP contribution in [0.3, 0.4) is 0 Å². The highest BCUT2D eigenvalue weighted by Crippen LogP contribution is 2.37. The van der Waals surface area contributed by atoms with Crippen molar-refractivity contribution in [3.63, 3.8) is 0 Å². The molecule has 0 heterocycles. The lowest BCUT2D eigenvalue weighted by Gasteiger charge is -2.35. The predicted molar refractivity (Wildman–Crippen MR) is 118 cm³/mol. The summed E-state index contributed by atoms with van der Waals surface area (Å²) >= 11 is 0. The zero-order valence-electron chi connectivity index (χ0n) is 18.7. The number of halogens is 3. The van der Waals surface area contributed by atoms with Gasteiger partial charge in [-0.3, -0.25) is 0 Å². The summed E-state index contributed by atoms with van der Waals surface area (Å²) in [4.78, 5) is 0. The molecular formula is C26H35F3O. The molecule has 0 saturated heterocycles. The molecule has 1 nitrogen and oxygen atoms in total. The molecule has 0 bridgehead atoms. The molecule has 0 saturated carbocycles. The highest BCUT2D eigenvalue weighted by Gasteiger charge is 2.31. The normalized spacial score (nSPS) is 12.9. The van der Waals surface area contributed by atoms with Gasteiger partial charge in [-0.25, -0.2) is 13.2 Å². The largest absolute Gasteiger partial charge is 0.375 e. The molecule has 30 heavy (non-hydrogen) atoms. The molecule has 0 N–H and O–H groups in total. The topological polar surface area (TPSA) is 9.23 Å². The lowest BCUT2D eigenvalue weighted by Crippen LogP contribution is -2.33. The monoisotopic (exact) mass is 420 g/mol. The van der Waals surface area contributed by atoms with E-state index in [0.717, 1.165) is 30.5 Å². The van der Waals surface area contributed by atoms with Crippen LogP contribution in [0.4, 0.5) is 13.2 Å². The molecule has 0 aromatic heterocycles. The van der Waals surface area contributed by atoms with Crippen LogP contribution >= 0.6 is 0 Å². The highest BCUT2D eigenvalue weighted by molar-refractivity contribution is 5.64. The van der Waals surface area contributed by atoms with Crippen LogP contribution in [-0.2, 0) is 4.74 Å². The molecule has 1 atom stereocenters. The maximum absolute atomic E-state index is 13.6. The smallest absolute Gasteiger partial charge is 0.194 e. The number of ether oxygens (including phenoxy) is 1. The number of unbranched alkanes of at least 4 members (excludes halogenated alkanes) is 5. The SMILES string of the molecule is CCCCCCCCC(c1ccc(-c2cc(F)c(F)c(F)c2)cc1)C(C)(C)OCC. The Balaban J connectivity index is 2.17. The number of benzene rings is 2. The van der Waals surface area contributed by atoms with E-state index in [-0.39, 0.29) is 11.5 Å². The Bertz CT molecular complexity index is 760. The van der Waals surface area contributed by atoms with E-state index < -0.39 is 17.5 Å². The lowest BCUT2D eigenvalue weighted by molar-refractivity contribution is -0.0335. The zero-order valence-corrected chi connectivity index (χ0v) is 18.7. The summed E-state index contributed by atoms with van der Waals surface area (Å²) in [6.07, 6.45) is 8.46. The number of hydrogen-bond donors (Lipinski definition) is 0. The first-order valence-electron chi connectivity index (χ1n) is 11.2. The minimum atomic E-state index is -1.44. The standard InChI is InChI=1S/C26H35F3O/c1-5-7-8-9-10-11-12-22(26(3,4)30-6-2)20-15-13-19(14-16-20)21-17-23(27)25(29)24(28)18-21/h13-18,22H,5-12H2,1-4H3. The fourth-order valence-electron chi connectivity index (χ4n) is 4.15. The molecule has 2 aromatic carbocycles. The van der Waals surface area contributed by atoms with Crippen LogP contribution in [0.2, 0.25) is 0 Å². The van der Waals surface area contributed by atoms with Crippen molar-refractivity contribution in [2.24, 2.45) is 0 Å². The molecule has 2 rings (SSSR count). The molecule has 0 aliphatic heterocycles. The van der Waals surface area contributed by atoms with Crippen molar-refractivity contribution in [2.45, 2.75) is 84.2 Å². The van der Waals surface area contributed by atoms with Gasteiger partial charge in [-0.15, -0.1) is 0 Å². The predicted octanol–water partition coefficient (Wildman–Crippen LogP) is 8.42. The molecular weight excluding hydrogens is 385 g/mol. The van der Waals surface area contributed by atoms with Gasteiger partial charge >= 0.3 is 0 Å². The minimum Gasteiger partial charge on any atom is -0.375 e. The highest BCUT2D eigenvalue weighted by atomic mass is 19.2. The van der Waals surface area contributed by atoms with Gasteiger partial charge in [0.2, 0.25) is 0 Å². The third-order valence-corrected chi connectivity index (χ3v) is 5.83. The van der Waals surface area contributed by atoms with Gasteiger partial charge in [0.1, 0.15) is 0 Å². The maximum atomic E-state index is 13.6. The van der Waals surface area contributed by atoms with E-state index in [1.165, 1.54) is 32.1 Å². The molecule has 0 amide bonds. The molecule has 166 valence electrons. The van der Waals surface area contributed by atoms with Crippen LogP contribution in [-0.4, -0.2) is 12.2 Å². The summed E-state index contributed by atoms with van der Waals surface area (Å²) in [7, 11) is 0. The van der Waals surface area contributed by atoms with Crippen LogP contribution in [0.5, 0.6) is 0 Å². The van der Waals surface area contributed by atoms with Gasteiger partial charge in [-0.05, 0) is 56.0 Å². The van der Waals surface area contributed by atoms with Crippen LogP contribution in [0.15, 0.2) is 36.4 Å². The maximum Gasteiger partial charge on any atom is 0.194 e. The average molecular weight is 421 g/mol. The molecule has 1 unspecified atom stereocenters. The Morgan fingerprint density at radius 2 is 1.37 bits per heavy atom. The number of rotatable bonds is 12. The van der Waals surface area contributed by atoms with E-state index in [2.05, 4.69) is 20.8 Å². The van der Waals surface area contributed by atoms with Crippen molar-refractivity contribution >= 4 is 0 Å². The van der Waals surface area contributed by atoms with Crippen molar-refractivity contribution in [1.29, 1.82) is 0 Å². The van der Waals surface area contributed by atoms with Crippen LogP contribution < -0.4 is 0 Å². The van der Waals surface area contributed by atoms with E-state index in [0.29, 0.717) is 17.7 Å². The van der Waals surface area contributed by atoms with Crippen LogP contribution in [0.1, 0.15) is 84.1 Å². The Kier molecular flexibility index (Phi) is 9.41. The molecule has 0 aliphatic rings. The second kappa shape index (κ2) is 11.5. The zero-order chi connectivity index (χ0) is 22.1. The minimum absolute atomic E-state index is 0.222. The Hall–Kier alpha value is -1.81. The summed E-state index contributed by atoms with van der Waals surface area (Å²) < 4.78 is 46.5. The Morgan fingerprint density at radius 1 is 0.800 bits per heavy atom. The fourth-order valence-corrected chi connectivity index (χ4v) is 4.15. The summed E-state index contributed by atoms with van der Waals surface area (Å²) in [6.45, 7) is 9.11. The van der Waals surface area contributed by atoms with E-state index in [4.69, 9.17) is 4.74 Å².